The van der Waals surface area contributed by atoms with Gasteiger partial charge in [0.15, 0.2) is 0 Å². The maximum absolute atomic E-state index is 12.1. The third-order valence-corrected chi connectivity index (χ3v) is 5.28. The third kappa shape index (κ3) is 10.8. The number of likely N-dealkylation sites (tertiary alicyclic amines) is 1. The zero-order valence-electron chi connectivity index (χ0n) is 20.7. The number of piperidine rings is 1. The lowest BCUT2D eigenvalue weighted by Crippen LogP contribution is -2.29. The van der Waals surface area contributed by atoms with E-state index < -0.39 is 24.3 Å². The predicted octanol–water partition coefficient (Wildman–Crippen LogP) is 4.75. The largest absolute Gasteiger partial charge is 0.490 e. The number of nitrogens with one attached hydrogen (secondary N) is 1. The standard InChI is InChI=1S/C21H22N4O.2C2HF3O2/c26-20-14-19(17-8-10-22-11-9-17)23-21(24-20)18-6-4-16(5-7-18)15-25-12-2-1-3-13-25;2*3-2(4,5)1(6)7/h4-11,14H,1-3,12-13,15H2,(H,23,24,26);2*(H,6,7). The molecule has 1 aromatic carbocycles. The number of pyridine rings is 1. The van der Waals surface area contributed by atoms with Gasteiger partial charge in [-0.2, -0.15) is 26.3 Å². The molecule has 9 nitrogen and oxygen atoms in total. The molecule has 2 aromatic heterocycles. The van der Waals surface area contributed by atoms with Crippen molar-refractivity contribution in [2.24, 2.45) is 0 Å². The number of benzene rings is 1. The summed E-state index contributed by atoms with van der Waals surface area (Å²) in [5, 5.41) is 14.2. The van der Waals surface area contributed by atoms with E-state index in [0.29, 0.717) is 11.5 Å². The number of alkyl halides is 6. The molecule has 0 unspecified atom stereocenters. The second-order valence-electron chi connectivity index (χ2n) is 8.35. The molecule has 4 rings (SSSR count). The van der Waals surface area contributed by atoms with Crippen LogP contribution in [0.4, 0.5) is 26.3 Å². The minimum atomic E-state index is -5.08. The van der Waals surface area contributed by atoms with E-state index in [2.05, 4.69) is 32.0 Å². The van der Waals surface area contributed by atoms with Crippen LogP contribution in [0.5, 0.6) is 0 Å². The molecule has 3 aromatic rings. The molecule has 0 amide bonds. The van der Waals surface area contributed by atoms with Gasteiger partial charge in [0.2, 0.25) is 0 Å². The summed E-state index contributed by atoms with van der Waals surface area (Å²) in [6.45, 7) is 3.36. The van der Waals surface area contributed by atoms with Crippen LogP contribution in [0.15, 0.2) is 59.7 Å². The van der Waals surface area contributed by atoms with Crippen LogP contribution in [-0.4, -0.2) is 67.4 Å². The van der Waals surface area contributed by atoms with Crippen molar-refractivity contribution in [1.29, 1.82) is 0 Å². The monoisotopic (exact) mass is 574 g/mol. The lowest BCUT2D eigenvalue weighted by atomic mass is 10.1. The SMILES string of the molecule is O=C(O)C(F)(F)F.O=C(O)C(F)(F)F.O=c1cc(-c2ccncc2)nc(-c2ccc(CN3CCCCC3)cc2)[nH]1. The summed E-state index contributed by atoms with van der Waals surface area (Å²) in [6.07, 6.45) is -2.82. The first-order chi connectivity index (χ1) is 18.7. The fraction of sp³-hybridized carbons (Fsp3) is 0.320. The summed E-state index contributed by atoms with van der Waals surface area (Å²) >= 11 is 0. The molecular weight excluding hydrogens is 550 g/mol. The van der Waals surface area contributed by atoms with Gasteiger partial charge in [0.1, 0.15) is 5.82 Å². The minimum absolute atomic E-state index is 0.154. The predicted molar refractivity (Wildman–Crippen MR) is 130 cm³/mol. The van der Waals surface area contributed by atoms with Crippen LogP contribution in [0.3, 0.4) is 0 Å². The average molecular weight is 574 g/mol. The molecule has 0 radical (unpaired) electrons. The molecular formula is C25H24F6N4O5. The first-order valence-electron chi connectivity index (χ1n) is 11.6. The van der Waals surface area contributed by atoms with Crippen molar-refractivity contribution in [3.05, 3.63) is 70.8 Å². The molecule has 40 heavy (non-hydrogen) atoms. The van der Waals surface area contributed by atoms with E-state index in [1.165, 1.54) is 44.0 Å². The summed E-state index contributed by atoms with van der Waals surface area (Å²) in [7, 11) is 0. The fourth-order valence-electron chi connectivity index (χ4n) is 3.41. The Balaban J connectivity index is 0.000000333. The van der Waals surface area contributed by atoms with Crippen LogP contribution in [0.2, 0.25) is 0 Å². The number of aliphatic carboxylic acids is 2. The molecule has 1 fully saturated rings. The van der Waals surface area contributed by atoms with Gasteiger partial charge in [0.25, 0.3) is 5.56 Å². The number of aromatic amines is 1. The maximum Gasteiger partial charge on any atom is 0.490 e. The lowest BCUT2D eigenvalue weighted by molar-refractivity contribution is -0.193. The van der Waals surface area contributed by atoms with E-state index in [1.807, 2.05) is 24.3 Å². The Bertz CT molecular complexity index is 1280. The van der Waals surface area contributed by atoms with E-state index in [9.17, 15) is 31.1 Å². The van der Waals surface area contributed by atoms with Crippen molar-refractivity contribution in [2.45, 2.75) is 38.2 Å². The quantitative estimate of drug-likeness (QED) is 0.380. The number of aromatic nitrogens is 3. The third-order valence-electron chi connectivity index (χ3n) is 5.28. The molecule has 216 valence electrons. The molecule has 3 heterocycles. The minimum Gasteiger partial charge on any atom is -0.475 e. The van der Waals surface area contributed by atoms with Crippen LogP contribution < -0.4 is 5.56 Å². The summed E-state index contributed by atoms with van der Waals surface area (Å²) in [5.74, 6) is -4.92. The first-order valence-corrected chi connectivity index (χ1v) is 11.6. The molecule has 1 saturated heterocycles. The van der Waals surface area contributed by atoms with Gasteiger partial charge in [-0.15, -0.1) is 0 Å². The molecule has 0 saturated carbocycles. The number of carbonyl (C=O) groups is 2. The second kappa shape index (κ2) is 14.2. The Morgan fingerprint density at radius 1 is 0.825 bits per heavy atom. The van der Waals surface area contributed by atoms with Gasteiger partial charge < -0.3 is 15.2 Å². The zero-order chi connectivity index (χ0) is 29.9. The fourth-order valence-corrected chi connectivity index (χ4v) is 3.41. The van der Waals surface area contributed by atoms with Crippen LogP contribution in [0.25, 0.3) is 22.6 Å². The number of carboxylic acids is 2. The molecule has 1 aliphatic heterocycles. The molecule has 1 aliphatic rings. The number of hydrogen-bond donors (Lipinski definition) is 3. The van der Waals surface area contributed by atoms with Crippen LogP contribution in [-0.2, 0) is 16.1 Å². The van der Waals surface area contributed by atoms with Crippen molar-refractivity contribution >= 4 is 11.9 Å². The highest BCUT2D eigenvalue weighted by atomic mass is 19.4. The van der Waals surface area contributed by atoms with Crippen LogP contribution in [0, 0.1) is 0 Å². The van der Waals surface area contributed by atoms with E-state index in [-0.39, 0.29) is 5.56 Å². The van der Waals surface area contributed by atoms with Gasteiger partial charge in [-0.05, 0) is 43.6 Å². The molecule has 0 atom stereocenters. The Hall–Kier alpha value is -4.27. The number of carboxylic acid groups (broad SMARTS) is 2. The lowest BCUT2D eigenvalue weighted by Gasteiger charge is -2.26. The normalized spacial score (nSPS) is 13.8. The maximum atomic E-state index is 12.1. The summed E-state index contributed by atoms with van der Waals surface area (Å²) < 4.78 is 63.5. The average Bonchev–Trinajstić information content (AvgIpc) is 2.89. The molecule has 3 N–H and O–H groups in total. The number of rotatable bonds is 4. The van der Waals surface area contributed by atoms with Crippen molar-refractivity contribution in [3.63, 3.8) is 0 Å². The van der Waals surface area contributed by atoms with Crippen molar-refractivity contribution in [2.75, 3.05) is 13.1 Å². The molecule has 0 aliphatic carbocycles. The smallest absolute Gasteiger partial charge is 0.475 e. The molecule has 0 spiro atoms. The van der Waals surface area contributed by atoms with Crippen molar-refractivity contribution < 1.29 is 46.1 Å². The highest BCUT2D eigenvalue weighted by molar-refractivity contribution is 5.73. The van der Waals surface area contributed by atoms with Gasteiger partial charge in [-0.1, -0.05) is 30.7 Å². The Kier molecular flexibility index (Phi) is 11.3. The van der Waals surface area contributed by atoms with Gasteiger partial charge >= 0.3 is 24.3 Å². The number of H-pyrrole nitrogens is 1. The Morgan fingerprint density at radius 2 is 1.32 bits per heavy atom. The van der Waals surface area contributed by atoms with E-state index in [4.69, 9.17) is 19.8 Å². The Labute approximate surface area is 223 Å². The highest BCUT2D eigenvalue weighted by Crippen LogP contribution is 2.21. The van der Waals surface area contributed by atoms with Crippen LogP contribution >= 0.6 is 0 Å². The zero-order valence-corrected chi connectivity index (χ0v) is 20.7. The summed E-state index contributed by atoms with van der Waals surface area (Å²) in [6, 6.07) is 13.6. The van der Waals surface area contributed by atoms with Crippen LogP contribution in [0.1, 0.15) is 24.8 Å². The first kappa shape index (κ1) is 31.9. The molecule has 0 bridgehead atoms. The van der Waals surface area contributed by atoms with Gasteiger partial charge in [-0.3, -0.25) is 14.7 Å². The summed E-state index contributed by atoms with van der Waals surface area (Å²) in [4.78, 5) is 43.8. The van der Waals surface area contributed by atoms with Gasteiger partial charge in [-0.25, -0.2) is 14.6 Å². The van der Waals surface area contributed by atoms with Crippen molar-refractivity contribution in [3.8, 4) is 22.6 Å². The van der Waals surface area contributed by atoms with Crippen molar-refractivity contribution in [1.82, 2.24) is 19.9 Å². The van der Waals surface area contributed by atoms with Gasteiger partial charge in [0.05, 0.1) is 5.69 Å². The molecule has 15 heteroatoms. The number of hydrogen-bond acceptors (Lipinski definition) is 6. The highest BCUT2D eigenvalue weighted by Gasteiger charge is 2.38. The number of halogens is 6. The van der Waals surface area contributed by atoms with E-state index >= 15 is 0 Å². The second-order valence-corrected chi connectivity index (χ2v) is 8.35. The van der Waals surface area contributed by atoms with Gasteiger partial charge in [0, 0.05) is 36.1 Å². The van der Waals surface area contributed by atoms with E-state index in [0.717, 1.165) is 17.7 Å². The van der Waals surface area contributed by atoms with E-state index in [1.54, 1.807) is 12.4 Å². The Morgan fingerprint density at radius 3 is 1.80 bits per heavy atom. The number of nitrogens with zero attached hydrogens (tertiary/aromatic N) is 3. The topological polar surface area (TPSA) is 136 Å². The summed E-state index contributed by atoms with van der Waals surface area (Å²) in [5.41, 5.74) is 3.60.